The molecule has 8 nitrogen and oxygen atoms in total. The zero-order valence-electron chi connectivity index (χ0n) is 18.5. The van der Waals surface area contributed by atoms with Gasteiger partial charge in [0.25, 0.3) is 0 Å². The van der Waals surface area contributed by atoms with Crippen LogP contribution >= 0.6 is 11.8 Å². The Bertz CT molecular complexity index is 1230. The second-order valence-corrected chi connectivity index (χ2v) is 8.69. The number of piperazine rings is 1. The molecule has 0 spiro atoms. The van der Waals surface area contributed by atoms with Crippen LogP contribution in [0.15, 0.2) is 84.4 Å². The second-order valence-electron chi connectivity index (χ2n) is 7.74. The van der Waals surface area contributed by atoms with Gasteiger partial charge in [0.15, 0.2) is 0 Å². The highest BCUT2D eigenvalue weighted by Crippen LogP contribution is 2.29. The zero-order valence-corrected chi connectivity index (χ0v) is 19.3. The summed E-state index contributed by atoms with van der Waals surface area (Å²) < 4.78 is 0. The third-order valence-electron chi connectivity index (χ3n) is 5.59. The molecule has 1 aliphatic heterocycles. The van der Waals surface area contributed by atoms with E-state index in [4.69, 9.17) is 4.98 Å². The van der Waals surface area contributed by atoms with Crippen LogP contribution in [0.25, 0.3) is 22.5 Å². The lowest BCUT2D eigenvalue weighted by Crippen LogP contribution is -2.49. The lowest BCUT2D eigenvalue weighted by atomic mass is 10.0. The number of hydrogen-bond donors (Lipinski definition) is 0. The van der Waals surface area contributed by atoms with Crippen LogP contribution in [0.4, 0.5) is 5.82 Å². The number of hydrogen-bond acceptors (Lipinski definition) is 8. The highest BCUT2D eigenvalue weighted by Gasteiger charge is 2.22. The topological polar surface area (TPSA) is 88.0 Å². The van der Waals surface area contributed by atoms with E-state index >= 15 is 0 Å². The maximum absolute atomic E-state index is 12.8. The molecule has 5 rings (SSSR count). The average molecular weight is 470 g/mol. The molecular weight excluding hydrogens is 446 g/mol. The number of amides is 1. The van der Waals surface area contributed by atoms with E-state index in [-0.39, 0.29) is 11.7 Å². The molecule has 0 saturated carbocycles. The summed E-state index contributed by atoms with van der Waals surface area (Å²) in [6.07, 6.45) is 5.10. The minimum Gasteiger partial charge on any atom is -0.352 e. The van der Waals surface area contributed by atoms with Gasteiger partial charge in [0.2, 0.25) is 11.1 Å². The van der Waals surface area contributed by atoms with Gasteiger partial charge in [0.1, 0.15) is 17.2 Å². The van der Waals surface area contributed by atoms with Crippen LogP contribution in [0.2, 0.25) is 0 Å². The van der Waals surface area contributed by atoms with E-state index in [0.717, 1.165) is 41.4 Å². The van der Waals surface area contributed by atoms with Crippen molar-refractivity contribution in [2.45, 2.75) is 5.16 Å². The van der Waals surface area contributed by atoms with Crippen molar-refractivity contribution in [3.63, 3.8) is 0 Å². The van der Waals surface area contributed by atoms with Crippen LogP contribution in [0, 0.1) is 0 Å². The van der Waals surface area contributed by atoms with Gasteiger partial charge >= 0.3 is 0 Å². The fraction of sp³-hybridized carbons (Fsp3) is 0.200. The largest absolute Gasteiger partial charge is 0.352 e. The van der Waals surface area contributed by atoms with Crippen molar-refractivity contribution in [3.8, 4) is 22.5 Å². The first-order chi connectivity index (χ1) is 16.8. The molecule has 1 fully saturated rings. The second kappa shape index (κ2) is 10.4. The van der Waals surface area contributed by atoms with Crippen LogP contribution in [0.1, 0.15) is 0 Å². The predicted octanol–water partition coefficient (Wildman–Crippen LogP) is 3.44. The monoisotopic (exact) mass is 469 g/mol. The van der Waals surface area contributed by atoms with Gasteiger partial charge in [-0.05, 0) is 0 Å². The summed E-state index contributed by atoms with van der Waals surface area (Å²) in [5.41, 5.74) is 3.40. The first-order valence-electron chi connectivity index (χ1n) is 11.0. The summed E-state index contributed by atoms with van der Waals surface area (Å²) in [6.45, 7) is 2.77. The molecule has 1 amide bonds. The molecule has 170 valence electrons. The standard InChI is InChI=1S/C25H23N7OS/c33-22(32-15-13-31(14-16-32)21-17-26-11-12-27-21)18-34-25-28-23(19-7-3-1-4-8-19)24(29-30-25)20-9-5-2-6-10-20/h1-12,17H,13-16,18H2. The van der Waals surface area contributed by atoms with Gasteiger partial charge in [-0.3, -0.25) is 9.78 Å². The molecule has 0 bridgehead atoms. The van der Waals surface area contributed by atoms with Crippen LogP contribution in [-0.2, 0) is 4.79 Å². The summed E-state index contributed by atoms with van der Waals surface area (Å²) >= 11 is 1.32. The van der Waals surface area contributed by atoms with Crippen molar-refractivity contribution >= 4 is 23.5 Å². The Kier molecular flexibility index (Phi) is 6.71. The van der Waals surface area contributed by atoms with E-state index in [0.29, 0.717) is 18.2 Å². The quantitative estimate of drug-likeness (QED) is 0.397. The number of nitrogens with zero attached hydrogens (tertiary/aromatic N) is 7. The number of aromatic nitrogens is 5. The lowest BCUT2D eigenvalue weighted by molar-refractivity contribution is -0.128. The molecule has 2 aromatic carbocycles. The molecular formula is C25H23N7OS. The molecule has 4 aromatic rings. The summed E-state index contributed by atoms with van der Waals surface area (Å²) in [5.74, 6) is 1.18. The first kappa shape index (κ1) is 22.0. The fourth-order valence-electron chi connectivity index (χ4n) is 3.82. The van der Waals surface area contributed by atoms with Crippen LogP contribution in [0.3, 0.4) is 0 Å². The molecule has 2 aromatic heterocycles. The van der Waals surface area contributed by atoms with Gasteiger partial charge in [-0.1, -0.05) is 72.4 Å². The van der Waals surface area contributed by atoms with Crippen LogP contribution in [-0.4, -0.2) is 67.9 Å². The molecule has 0 radical (unpaired) electrons. The predicted molar refractivity (Wildman–Crippen MR) is 132 cm³/mol. The molecule has 0 unspecified atom stereocenters. The van der Waals surface area contributed by atoms with E-state index in [1.165, 1.54) is 11.8 Å². The first-order valence-corrected chi connectivity index (χ1v) is 12.0. The molecule has 0 aliphatic carbocycles. The molecule has 9 heteroatoms. The van der Waals surface area contributed by atoms with Crippen molar-refractivity contribution < 1.29 is 4.79 Å². The van der Waals surface area contributed by atoms with Gasteiger partial charge in [-0.2, -0.15) is 0 Å². The molecule has 0 atom stereocenters. The minimum absolute atomic E-state index is 0.0702. The lowest BCUT2D eigenvalue weighted by Gasteiger charge is -2.35. The van der Waals surface area contributed by atoms with Crippen molar-refractivity contribution in [2.24, 2.45) is 0 Å². The summed E-state index contributed by atoms with van der Waals surface area (Å²) in [6, 6.07) is 19.8. The van der Waals surface area contributed by atoms with Crippen molar-refractivity contribution in [2.75, 3.05) is 36.8 Å². The number of carbonyl (C=O) groups excluding carboxylic acids is 1. The molecule has 3 heterocycles. The van der Waals surface area contributed by atoms with Gasteiger partial charge in [-0.25, -0.2) is 9.97 Å². The number of thioether (sulfide) groups is 1. The third kappa shape index (κ3) is 5.04. The van der Waals surface area contributed by atoms with E-state index in [9.17, 15) is 4.79 Å². The van der Waals surface area contributed by atoms with Crippen molar-refractivity contribution in [1.82, 2.24) is 30.0 Å². The van der Waals surface area contributed by atoms with Gasteiger partial charge in [0, 0.05) is 49.7 Å². The van der Waals surface area contributed by atoms with E-state index in [1.807, 2.05) is 65.6 Å². The zero-order chi connectivity index (χ0) is 23.2. The summed E-state index contributed by atoms with van der Waals surface area (Å²) in [4.78, 5) is 30.1. The van der Waals surface area contributed by atoms with Crippen molar-refractivity contribution in [1.29, 1.82) is 0 Å². The minimum atomic E-state index is 0.0702. The number of benzene rings is 2. The summed E-state index contributed by atoms with van der Waals surface area (Å²) in [7, 11) is 0. The number of anilines is 1. The van der Waals surface area contributed by atoms with E-state index in [2.05, 4.69) is 25.1 Å². The Hall–Kier alpha value is -3.85. The Morgan fingerprint density at radius 3 is 2.15 bits per heavy atom. The molecule has 1 aliphatic rings. The van der Waals surface area contributed by atoms with Crippen LogP contribution < -0.4 is 4.90 Å². The Morgan fingerprint density at radius 2 is 1.50 bits per heavy atom. The SMILES string of the molecule is O=C(CSc1nnc(-c2ccccc2)c(-c2ccccc2)n1)N1CCN(c2cnccn2)CC1. The van der Waals surface area contributed by atoms with E-state index < -0.39 is 0 Å². The summed E-state index contributed by atoms with van der Waals surface area (Å²) in [5, 5.41) is 9.29. The third-order valence-corrected chi connectivity index (χ3v) is 6.41. The molecule has 1 saturated heterocycles. The fourth-order valence-corrected chi connectivity index (χ4v) is 4.51. The maximum atomic E-state index is 12.8. The highest BCUT2D eigenvalue weighted by atomic mass is 32.2. The van der Waals surface area contributed by atoms with Crippen molar-refractivity contribution in [3.05, 3.63) is 79.3 Å². The van der Waals surface area contributed by atoms with Gasteiger partial charge in [-0.15, -0.1) is 10.2 Å². The Labute approximate surface area is 202 Å². The van der Waals surface area contributed by atoms with Gasteiger partial charge in [0.05, 0.1) is 11.9 Å². The number of carbonyl (C=O) groups is 1. The number of rotatable bonds is 6. The normalized spacial score (nSPS) is 13.6. The molecule has 0 N–H and O–H groups in total. The highest BCUT2D eigenvalue weighted by molar-refractivity contribution is 7.99. The Morgan fingerprint density at radius 1 is 0.824 bits per heavy atom. The smallest absolute Gasteiger partial charge is 0.233 e. The average Bonchev–Trinajstić information content (AvgIpc) is 2.93. The molecule has 34 heavy (non-hydrogen) atoms. The Balaban J connectivity index is 1.26. The van der Waals surface area contributed by atoms with Gasteiger partial charge < -0.3 is 9.80 Å². The van der Waals surface area contributed by atoms with E-state index in [1.54, 1.807) is 18.6 Å². The van der Waals surface area contributed by atoms with Crippen LogP contribution in [0.5, 0.6) is 0 Å². The maximum Gasteiger partial charge on any atom is 0.233 e.